The molecular formula is C10H10ClN5O2S. The lowest BCUT2D eigenvalue weighted by Gasteiger charge is -2.19. The number of sulfonamides is 1. The fourth-order valence-corrected chi connectivity index (χ4v) is 2.72. The molecular weight excluding hydrogens is 290 g/mol. The van der Waals surface area contributed by atoms with Gasteiger partial charge in [-0.1, -0.05) is 0 Å². The zero-order valence-corrected chi connectivity index (χ0v) is 11.4. The lowest BCUT2D eigenvalue weighted by atomic mass is 10.4. The molecule has 0 fully saturated rings. The molecule has 0 radical (unpaired) electrons. The van der Waals surface area contributed by atoms with Gasteiger partial charge in [0.2, 0.25) is 15.3 Å². The molecule has 100 valence electrons. The Morgan fingerprint density at radius 1 is 1.16 bits per heavy atom. The molecule has 19 heavy (non-hydrogen) atoms. The Morgan fingerprint density at radius 2 is 1.63 bits per heavy atom. The van der Waals surface area contributed by atoms with E-state index in [-0.39, 0.29) is 36.1 Å². The minimum atomic E-state index is -3.81. The van der Waals surface area contributed by atoms with E-state index in [9.17, 15) is 8.42 Å². The molecule has 0 N–H and O–H groups in total. The SMILES string of the molecule is N#CCCN(CCC#N)S(=O)(=O)c1cnc(Cl)nc1. The van der Waals surface area contributed by atoms with Gasteiger partial charge in [0.25, 0.3) is 0 Å². The van der Waals surface area contributed by atoms with Gasteiger partial charge in [-0.25, -0.2) is 18.4 Å². The third-order valence-corrected chi connectivity index (χ3v) is 4.23. The van der Waals surface area contributed by atoms with E-state index in [1.165, 1.54) is 0 Å². The summed E-state index contributed by atoms with van der Waals surface area (Å²) in [4.78, 5) is 7.10. The Bertz CT molecular complexity index is 584. The fraction of sp³-hybridized carbons (Fsp3) is 0.400. The molecule has 0 amide bonds. The van der Waals surface area contributed by atoms with Gasteiger partial charge in [0.05, 0.1) is 24.5 Å². The monoisotopic (exact) mass is 299 g/mol. The molecule has 1 aromatic heterocycles. The van der Waals surface area contributed by atoms with Gasteiger partial charge >= 0.3 is 0 Å². The minimum absolute atomic E-state index is 0.0170. The highest BCUT2D eigenvalue weighted by Crippen LogP contribution is 2.15. The molecule has 1 heterocycles. The van der Waals surface area contributed by atoms with Crippen molar-refractivity contribution in [3.8, 4) is 12.1 Å². The number of halogens is 1. The summed E-state index contributed by atoms with van der Waals surface area (Å²) >= 11 is 5.49. The van der Waals surface area contributed by atoms with Crippen LogP contribution in [-0.4, -0.2) is 35.8 Å². The number of rotatable bonds is 6. The quantitative estimate of drug-likeness (QED) is 0.723. The van der Waals surface area contributed by atoms with Gasteiger partial charge < -0.3 is 0 Å². The van der Waals surface area contributed by atoms with Crippen LogP contribution < -0.4 is 0 Å². The summed E-state index contributed by atoms with van der Waals surface area (Å²) in [5, 5.41) is 17.0. The van der Waals surface area contributed by atoms with E-state index in [1.54, 1.807) is 0 Å². The Morgan fingerprint density at radius 3 is 2.05 bits per heavy atom. The normalized spacial score (nSPS) is 10.9. The first-order valence-electron chi connectivity index (χ1n) is 5.24. The van der Waals surface area contributed by atoms with Crippen molar-refractivity contribution in [3.05, 3.63) is 17.7 Å². The molecule has 0 spiro atoms. The van der Waals surface area contributed by atoms with E-state index < -0.39 is 10.0 Å². The molecule has 0 bridgehead atoms. The topological polar surface area (TPSA) is 111 Å². The maximum Gasteiger partial charge on any atom is 0.246 e. The van der Waals surface area contributed by atoms with Crippen molar-refractivity contribution in [1.82, 2.24) is 14.3 Å². The smallest absolute Gasteiger partial charge is 0.225 e. The summed E-state index contributed by atoms with van der Waals surface area (Å²) in [6.07, 6.45) is 2.27. The number of nitriles is 2. The van der Waals surface area contributed by atoms with E-state index in [2.05, 4.69) is 9.97 Å². The van der Waals surface area contributed by atoms with Crippen LogP contribution in [0.2, 0.25) is 5.28 Å². The van der Waals surface area contributed by atoms with Crippen LogP contribution in [0.1, 0.15) is 12.8 Å². The Labute approximate surface area is 116 Å². The van der Waals surface area contributed by atoms with Crippen LogP contribution in [0.3, 0.4) is 0 Å². The van der Waals surface area contributed by atoms with Gasteiger partial charge in [-0.2, -0.15) is 14.8 Å². The molecule has 0 aliphatic carbocycles. The fourth-order valence-electron chi connectivity index (χ4n) is 1.28. The Hall–Kier alpha value is -1.74. The molecule has 0 saturated carbocycles. The molecule has 9 heteroatoms. The summed E-state index contributed by atoms with van der Waals surface area (Å²) in [5.41, 5.74) is 0. The number of nitrogens with zero attached hydrogens (tertiary/aromatic N) is 5. The van der Waals surface area contributed by atoms with Crippen molar-refractivity contribution in [1.29, 1.82) is 10.5 Å². The van der Waals surface area contributed by atoms with Crippen LogP contribution in [0.25, 0.3) is 0 Å². The largest absolute Gasteiger partial charge is 0.246 e. The van der Waals surface area contributed by atoms with Crippen LogP contribution in [0.4, 0.5) is 0 Å². The molecule has 0 saturated heterocycles. The van der Waals surface area contributed by atoms with E-state index >= 15 is 0 Å². The lowest BCUT2D eigenvalue weighted by molar-refractivity contribution is 0.424. The first-order chi connectivity index (χ1) is 9.02. The number of aromatic nitrogens is 2. The van der Waals surface area contributed by atoms with E-state index in [0.717, 1.165) is 16.7 Å². The van der Waals surface area contributed by atoms with Crippen LogP contribution in [0.15, 0.2) is 17.3 Å². The van der Waals surface area contributed by atoms with Crippen molar-refractivity contribution in [2.75, 3.05) is 13.1 Å². The summed E-state index contributed by atoms with van der Waals surface area (Å²) in [6, 6.07) is 3.73. The van der Waals surface area contributed by atoms with Gasteiger partial charge in [0, 0.05) is 25.9 Å². The molecule has 0 atom stereocenters. The third-order valence-electron chi connectivity index (χ3n) is 2.18. The number of hydrogen-bond acceptors (Lipinski definition) is 6. The molecule has 0 aliphatic rings. The van der Waals surface area contributed by atoms with Crippen molar-refractivity contribution < 1.29 is 8.42 Å². The van der Waals surface area contributed by atoms with Crippen molar-refractivity contribution in [2.45, 2.75) is 17.7 Å². The van der Waals surface area contributed by atoms with Crippen LogP contribution in [0.5, 0.6) is 0 Å². The minimum Gasteiger partial charge on any atom is -0.225 e. The second-order valence-corrected chi connectivity index (χ2v) is 5.68. The average molecular weight is 300 g/mol. The summed E-state index contributed by atoms with van der Waals surface area (Å²) in [7, 11) is -3.81. The molecule has 0 aliphatic heterocycles. The third kappa shape index (κ3) is 4.14. The maximum absolute atomic E-state index is 12.2. The summed E-state index contributed by atoms with van der Waals surface area (Å²) in [6.45, 7) is 0.0340. The number of hydrogen-bond donors (Lipinski definition) is 0. The molecule has 0 aromatic carbocycles. The Kier molecular flexibility index (Phi) is 5.64. The highest BCUT2D eigenvalue weighted by atomic mass is 35.5. The molecule has 1 aromatic rings. The molecule has 7 nitrogen and oxygen atoms in total. The van der Waals surface area contributed by atoms with E-state index in [4.69, 9.17) is 22.1 Å². The second kappa shape index (κ2) is 7.00. The predicted molar refractivity (Wildman–Crippen MR) is 66.3 cm³/mol. The zero-order chi connectivity index (χ0) is 14.3. The van der Waals surface area contributed by atoms with Gasteiger partial charge in [-0.05, 0) is 11.6 Å². The standard InChI is InChI=1S/C10H10ClN5O2S/c11-10-14-7-9(8-15-10)19(17,18)16(5-1-3-12)6-2-4-13/h7-8H,1-2,5-6H2. The maximum atomic E-state index is 12.2. The van der Waals surface area contributed by atoms with Gasteiger partial charge in [-0.3, -0.25) is 0 Å². The highest BCUT2D eigenvalue weighted by Gasteiger charge is 2.24. The summed E-state index contributed by atoms with van der Waals surface area (Å²) in [5.74, 6) is 0. The van der Waals surface area contributed by atoms with Crippen molar-refractivity contribution in [3.63, 3.8) is 0 Å². The van der Waals surface area contributed by atoms with Crippen LogP contribution in [0, 0.1) is 22.7 Å². The van der Waals surface area contributed by atoms with E-state index in [1.807, 2.05) is 12.1 Å². The second-order valence-electron chi connectivity index (χ2n) is 3.41. The summed E-state index contributed by atoms with van der Waals surface area (Å²) < 4.78 is 25.5. The van der Waals surface area contributed by atoms with E-state index in [0.29, 0.717) is 0 Å². The van der Waals surface area contributed by atoms with Gasteiger partial charge in [-0.15, -0.1) is 0 Å². The van der Waals surface area contributed by atoms with Crippen molar-refractivity contribution >= 4 is 21.6 Å². The zero-order valence-electron chi connectivity index (χ0n) is 9.82. The highest BCUT2D eigenvalue weighted by molar-refractivity contribution is 7.89. The van der Waals surface area contributed by atoms with Crippen LogP contribution >= 0.6 is 11.6 Å². The average Bonchev–Trinajstić information content (AvgIpc) is 2.39. The molecule has 0 unspecified atom stereocenters. The van der Waals surface area contributed by atoms with Crippen molar-refractivity contribution in [2.24, 2.45) is 0 Å². The first-order valence-corrected chi connectivity index (χ1v) is 7.05. The Balaban J connectivity index is 3.01. The predicted octanol–water partition coefficient (Wildman–Crippen LogP) is 0.948. The lowest BCUT2D eigenvalue weighted by Crippen LogP contribution is -2.33. The van der Waals surface area contributed by atoms with Gasteiger partial charge in [0.1, 0.15) is 4.90 Å². The van der Waals surface area contributed by atoms with Crippen LogP contribution in [-0.2, 0) is 10.0 Å². The first kappa shape index (κ1) is 15.3. The van der Waals surface area contributed by atoms with Gasteiger partial charge in [0.15, 0.2) is 0 Å². The molecule has 1 rings (SSSR count).